The van der Waals surface area contributed by atoms with Gasteiger partial charge in [0.1, 0.15) is 11.6 Å². The number of alkyl halides is 3. The molecular formula is C24H17ClF4N4O3. The highest BCUT2D eigenvalue weighted by molar-refractivity contribution is 6.30. The Balaban J connectivity index is 1.52. The number of pyridine rings is 1. The fraction of sp³-hybridized carbons (Fsp3) is 0.167. The normalized spacial score (nSPS) is 14.1. The molecule has 2 heterocycles. The number of hydrogen-bond donors (Lipinski definition) is 1. The number of aromatic nitrogens is 1. The minimum Gasteiger partial charge on any atom is -0.322 e. The first kappa shape index (κ1) is 25.1. The van der Waals surface area contributed by atoms with Crippen LogP contribution < -0.4 is 10.2 Å². The molecule has 0 atom stereocenters. The molecule has 186 valence electrons. The second-order valence-corrected chi connectivity index (χ2v) is 8.23. The van der Waals surface area contributed by atoms with E-state index in [0.717, 1.165) is 4.90 Å². The number of carbonyl (C=O) groups excluding carboxylic acids is 3. The number of anilines is 2. The highest BCUT2D eigenvalue weighted by Crippen LogP contribution is 2.33. The molecule has 7 nitrogen and oxygen atoms in total. The third-order valence-corrected chi connectivity index (χ3v) is 5.63. The molecule has 0 unspecified atom stereocenters. The van der Waals surface area contributed by atoms with Crippen LogP contribution in [-0.4, -0.2) is 40.8 Å². The van der Waals surface area contributed by atoms with Crippen LogP contribution in [0.1, 0.15) is 32.7 Å². The van der Waals surface area contributed by atoms with Gasteiger partial charge in [-0.15, -0.1) is 0 Å². The lowest BCUT2D eigenvalue weighted by Gasteiger charge is -2.34. The summed E-state index contributed by atoms with van der Waals surface area (Å²) < 4.78 is 53.8. The van der Waals surface area contributed by atoms with Crippen LogP contribution in [0.5, 0.6) is 0 Å². The summed E-state index contributed by atoms with van der Waals surface area (Å²) in [6.07, 6.45) is -3.45. The molecule has 1 fully saturated rings. The van der Waals surface area contributed by atoms with E-state index in [1.165, 1.54) is 18.3 Å². The van der Waals surface area contributed by atoms with Gasteiger partial charge in [-0.05, 0) is 61.0 Å². The Morgan fingerprint density at radius 1 is 1.00 bits per heavy atom. The maximum Gasteiger partial charge on any atom is 0.417 e. The van der Waals surface area contributed by atoms with Gasteiger partial charge in [-0.2, -0.15) is 13.2 Å². The molecule has 0 bridgehead atoms. The monoisotopic (exact) mass is 520 g/mol. The van der Waals surface area contributed by atoms with E-state index in [4.69, 9.17) is 11.6 Å². The number of urea groups is 1. The summed E-state index contributed by atoms with van der Waals surface area (Å²) in [7, 11) is 0. The summed E-state index contributed by atoms with van der Waals surface area (Å²) in [5.74, 6) is -2.68. The van der Waals surface area contributed by atoms with Crippen molar-refractivity contribution >= 4 is 41.0 Å². The van der Waals surface area contributed by atoms with E-state index in [9.17, 15) is 31.9 Å². The fourth-order valence-corrected chi connectivity index (χ4v) is 3.75. The molecule has 36 heavy (non-hydrogen) atoms. The summed E-state index contributed by atoms with van der Waals surface area (Å²) in [5.41, 5.74) is -1.61. The van der Waals surface area contributed by atoms with Crippen LogP contribution in [0.15, 0.2) is 60.8 Å². The second kappa shape index (κ2) is 9.94. The minimum absolute atomic E-state index is 0.0934. The van der Waals surface area contributed by atoms with Crippen LogP contribution in [0.3, 0.4) is 0 Å². The van der Waals surface area contributed by atoms with Crippen molar-refractivity contribution < 1.29 is 31.9 Å². The Bertz CT molecular complexity index is 1310. The second-order valence-electron chi connectivity index (χ2n) is 7.80. The van der Waals surface area contributed by atoms with Gasteiger partial charge in [0.15, 0.2) is 0 Å². The third-order valence-electron chi connectivity index (χ3n) is 5.38. The van der Waals surface area contributed by atoms with Crippen molar-refractivity contribution in [1.29, 1.82) is 0 Å². The molecule has 1 aliphatic heterocycles. The first-order chi connectivity index (χ1) is 17.0. The number of amides is 4. The van der Waals surface area contributed by atoms with E-state index >= 15 is 0 Å². The Kier molecular flexibility index (Phi) is 6.93. The molecule has 3 aromatic rings. The number of imide groups is 1. The van der Waals surface area contributed by atoms with Crippen molar-refractivity contribution in [2.24, 2.45) is 0 Å². The van der Waals surface area contributed by atoms with E-state index in [1.807, 2.05) is 0 Å². The van der Waals surface area contributed by atoms with Crippen molar-refractivity contribution in [3.63, 3.8) is 0 Å². The highest BCUT2D eigenvalue weighted by atomic mass is 35.5. The van der Waals surface area contributed by atoms with Gasteiger partial charge >= 0.3 is 12.2 Å². The van der Waals surface area contributed by atoms with E-state index < -0.39 is 41.0 Å². The van der Waals surface area contributed by atoms with Crippen LogP contribution >= 0.6 is 11.6 Å². The van der Waals surface area contributed by atoms with E-state index in [1.54, 1.807) is 24.3 Å². The predicted octanol–water partition coefficient (Wildman–Crippen LogP) is 5.62. The van der Waals surface area contributed by atoms with Crippen LogP contribution in [-0.2, 0) is 6.18 Å². The fourth-order valence-electron chi connectivity index (χ4n) is 3.63. The average Bonchev–Trinajstić information content (AvgIpc) is 2.84. The lowest BCUT2D eigenvalue weighted by atomic mass is 10.0. The molecule has 1 aliphatic rings. The molecule has 4 amide bonds. The van der Waals surface area contributed by atoms with Crippen molar-refractivity contribution in [1.82, 2.24) is 9.88 Å². The minimum atomic E-state index is -4.92. The third kappa shape index (κ3) is 5.30. The summed E-state index contributed by atoms with van der Waals surface area (Å²) >= 11 is 5.82. The summed E-state index contributed by atoms with van der Waals surface area (Å²) in [5, 5.41) is 3.17. The number of carbonyl (C=O) groups is 3. The zero-order valence-corrected chi connectivity index (χ0v) is 19.1. The maximum absolute atomic E-state index is 13.7. The van der Waals surface area contributed by atoms with Gasteiger partial charge in [0.2, 0.25) is 0 Å². The van der Waals surface area contributed by atoms with Gasteiger partial charge in [-0.25, -0.2) is 14.2 Å². The van der Waals surface area contributed by atoms with Crippen molar-refractivity contribution in [3.8, 4) is 0 Å². The summed E-state index contributed by atoms with van der Waals surface area (Å²) in [6, 6.07) is 9.85. The lowest BCUT2D eigenvalue weighted by Crippen LogP contribution is -2.52. The van der Waals surface area contributed by atoms with Crippen LogP contribution in [0, 0.1) is 5.82 Å². The number of benzene rings is 2. The summed E-state index contributed by atoms with van der Waals surface area (Å²) in [4.78, 5) is 44.2. The number of nitrogens with zero attached hydrogens (tertiary/aromatic N) is 3. The molecule has 0 saturated carbocycles. The lowest BCUT2D eigenvalue weighted by molar-refractivity contribution is -0.138. The molecule has 2 aromatic carbocycles. The SMILES string of the molecule is O=C(Nc1ccc(Cl)cc1)c1ccc(N2CCCN(C(=O)c3cc(F)ccc3C(F)(F)F)C2=O)nc1. The Labute approximate surface area is 207 Å². The molecule has 1 saturated heterocycles. The molecule has 12 heteroatoms. The molecule has 1 N–H and O–H groups in total. The first-order valence-corrected chi connectivity index (χ1v) is 11.0. The number of hydrogen-bond acceptors (Lipinski definition) is 4. The molecule has 0 spiro atoms. The molecule has 1 aromatic heterocycles. The molecule has 0 aliphatic carbocycles. The van der Waals surface area contributed by atoms with Crippen LogP contribution in [0.4, 0.5) is 33.9 Å². The Hall–Kier alpha value is -3.99. The zero-order chi connectivity index (χ0) is 26.0. The van der Waals surface area contributed by atoms with Gasteiger partial charge in [0, 0.05) is 30.0 Å². The van der Waals surface area contributed by atoms with E-state index in [2.05, 4.69) is 10.3 Å². The van der Waals surface area contributed by atoms with Gasteiger partial charge in [0.25, 0.3) is 11.8 Å². The van der Waals surface area contributed by atoms with Crippen LogP contribution in [0.2, 0.25) is 5.02 Å². The van der Waals surface area contributed by atoms with Crippen molar-refractivity contribution in [2.75, 3.05) is 23.3 Å². The average molecular weight is 521 g/mol. The quantitative estimate of drug-likeness (QED) is 0.453. The Morgan fingerprint density at radius 2 is 1.72 bits per heavy atom. The smallest absolute Gasteiger partial charge is 0.322 e. The van der Waals surface area contributed by atoms with Gasteiger partial charge in [-0.3, -0.25) is 19.4 Å². The van der Waals surface area contributed by atoms with Crippen molar-refractivity contribution in [3.05, 3.63) is 88.3 Å². The van der Waals surface area contributed by atoms with Gasteiger partial charge in [-0.1, -0.05) is 11.6 Å². The Morgan fingerprint density at radius 3 is 2.36 bits per heavy atom. The first-order valence-electron chi connectivity index (χ1n) is 10.6. The van der Waals surface area contributed by atoms with Crippen molar-refractivity contribution in [2.45, 2.75) is 12.6 Å². The standard InChI is InChI=1S/C24H17ClF4N4O3/c25-15-3-6-17(7-4-15)31-21(34)14-2-9-20(30-13-14)32-10-1-11-33(23(32)36)22(35)18-12-16(26)5-8-19(18)24(27,28)29/h2-9,12-13H,1,10-11H2,(H,31,34). The van der Waals surface area contributed by atoms with Crippen LogP contribution in [0.25, 0.3) is 0 Å². The predicted molar refractivity (Wildman–Crippen MR) is 123 cm³/mol. The maximum atomic E-state index is 13.7. The number of nitrogens with one attached hydrogen (secondary N) is 1. The zero-order valence-electron chi connectivity index (χ0n) is 18.4. The molecular weight excluding hydrogens is 504 g/mol. The van der Waals surface area contributed by atoms with E-state index in [0.29, 0.717) is 33.8 Å². The molecule has 0 radical (unpaired) electrons. The number of halogens is 5. The molecule has 4 rings (SSSR count). The summed E-state index contributed by atoms with van der Waals surface area (Å²) in [6.45, 7) is -0.00916. The van der Waals surface area contributed by atoms with Gasteiger partial charge < -0.3 is 5.32 Å². The van der Waals surface area contributed by atoms with E-state index in [-0.39, 0.29) is 30.9 Å². The topological polar surface area (TPSA) is 82.6 Å². The van der Waals surface area contributed by atoms with Gasteiger partial charge in [0.05, 0.1) is 16.7 Å². The number of rotatable bonds is 4. The largest absolute Gasteiger partial charge is 0.417 e. The highest BCUT2D eigenvalue weighted by Gasteiger charge is 2.39.